The van der Waals surface area contributed by atoms with Gasteiger partial charge < -0.3 is 20.3 Å². The monoisotopic (exact) mass is 313 g/mol. The molecule has 1 aliphatic rings. The Bertz CT molecular complexity index is 499. The van der Waals surface area contributed by atoms with Gasteiger partial charge in [-0.2, -0.15) is 0 Å². The number of nitrogens with one attached hydrogen (secondary N) is 2. The van der Waals surface area contributed by atoms with Crippen LogP contribution in [0.5, 0.6) is 0 Å². The number of amides is 1. The number of benzene rings is 1. The van der Waals surface area contributed by atoms with Crippen LogP contribution in [0.1, 0.15) is 11.6 Å². The molecule has 5 nitrogen and oxygen atoms in total. The van der Waals surface area contributed by atoms with Crippen molar-refractivity contribution >= 4 is 5.91 Å². The Morgan fingerprint density at radius 2 is 2.14 bits per heavy atom. The Morgan fingerprint density at radius 3 is 2.68 bits per heavy atom. The van der Waals surface area contributed by atoms with Crippen molar-refractivity contribution in [2.24, 2.45) is 0 Å². The first-order chi connectivity index (χ1) is 10.5. The maximum Gasteiger partial charge on any atom is 0.250 e. The van der Waals surface area contributed by atoms with E-state index < -0.39 is 23.8 Å². The average molecular weight is 313 g/mol. The van der Waals surface area contributed by atoms with E-state index in [9.17, 15) is 13.6 Å². The first-order valence-electron chi connectivity index (χ1n) is 7.21. The van der Waals surface area contributed by atoms with Gasteiger partial charge in [-0.25, -0.2) is 8.78 Å². The topological polar surface area (TPSA) is 53.6 Å². The van der Waals surface area contributed by atoms with E-state index in [1.54, 1.807) is 19.0 Å². The summed E-state index contributed by atoms with van der Waals surface area (Å²) in [5, 5.41) is 5.77. The number of halogens is 2. The zero-order valence-electron chi connectivity index (χ0n) is 12.7. The molecule has 22 heavy (non-hydrogen) atoms. The Labute approximate surface area is 128 Å². The number of hydrogen-bond donors (Lipinski definition) is 2. The maximum absolute atomic E-state index is 13.9. The summed E-state index contributed by atoms with van der Waals surface area (Å²) in [7, 11) is 3.42. The van der Waals surface area contributed by atoms with Gasteiger partial charge in [0.1, 0.15) is 17.7 Å². The molecule has 122 valence electrons. The molecule has 1 heterocycles. The van der Waals surface area contributed by atoms with Crippen molar-refractivity contribution in [3.05, 3.63) is 35.4 Å². The smallest absolute Gasteiger partial charge is 0.250 e. The van der Waals surface area contributed by atoms with Gasteiger partial charge in [0.05, 0.1) is 12.6 Å². The van der Waals surface area contributed by atoms with E-state index >= 15 is 0 Å². The normalized spacial score (nSPS) is 20.0. The molecule has 2 atom stereocenters. The number of carbonyl (C=O) groups is 1. The molecule has 1 aromatic rings. The second-order valence-corrected chi connectivity index (χ2v) is 5.42. The lowest BCUT2D eigenvalue weighted by Gasteiger charge is -2.28. The van der Waals surface area contributed by atoms with E-state index in [0.29, 0.717) is 19.7 Å². The highest BCUT2D eigenvalue weighted by molar-refractivity contribution is 5.81. The Hall–Kier alpha value is -1.57. The second-order valence-electron chi connectivity index (χ2n) is 5.42. The highest BCUT2D eigenvalue weighted by atomic mass is 19.1. The molecule has 0 spiro atoms. The lowest BCUT2D eigenvalue weighted by molar-refractivity contribution is -0.134. The number of rotatable bonds is 5. The highest BCUT2D eigenvalue weighted by Gasteiger charge is 2.26. The number of carbonyl (C=O) groups excluding carboxylic acids is 1. The predicted molar refractivity (Wildman–Crippen MR) is 78.4 cm³/mol. The molecule has 0 radical (unpaired) electrons. The first kappa shape index (κ1) is 16.8. The zero-order chi connectivity index (χ0) is 16.1. The van der Waals surface area contributed by atoms with Crippen molar-refractivity contribution in [2.45, 2.75) is 12.1 Å². The summed E-state index contributed by atoms with van der Waals surface area (Å²) in [5.41, 5.74) is -0.0458. The third-order valence-electron chi connectivity index (χ3n) is 3.65. The summed E-state index contributed by atoms with van der Waals surface area (Å²) in [4.78, 5) is 13.7. The van der Waals surface area contributed by atoms with E-state index in [1.165, 1.54) is 18.2 Å². The quantitative estimate of drug-likeness (QED) is 0.839. The lowest BCUT2D eigenvalue weighted by atomic mass is 10.0. The van der Waals surface area contributed by atoms with Crippen LogP contribution >= 0.6 is 0 Å². The third-order valence-corrected chi connectivity index (χ3v) is 3.65. The fourth-order valence-electron chi connectivity index (χ4n) is 2.42. The minimum absolute atomic E-state index is 0.0458. The number of morpholine rings is 1. The summed E-state index contributed by atoms with van der Waals surface area (Å²) in [6.45, 7) is 1.72. The van der Waals surface area contributed by atoms with Crippen LogP contribution in [0.3, 0.4) is 0 Å². The first-order valence-corrected chi connectivity index (χ1v) is 7.21. The minimum Gasteiger partial charge on any atom is -0.366 e. The molecule has 1 aliphatic heterocycles. The fraction of sp³-hybridized carbons (Fsp3) is 0.533. The maximum atomic E-state index is 13.9. The second kappa shape index (κ2) is 7.62. The molecule has 2 rings (SSSR count). The zero-order valence-corrected chi connectivity index (χ0v) is 12.7. The van der Waals surface area contributed by atoms with E-state index in [0.717, 1.165) is 0 Å². The van der Waals surface area contributed by atoms with Crippen molar-refractivity contribution in [1.29, 1.82) is 0 Å². The summed E-state index contributed by atoms with van der Waals surface area (Å²) >= 11 is 0. The molecular weight excluding hydrogens is 292 g/mol. The highest BCUT2D eigenvalue weighted by Crippen LogP contribution is 2.23. The molecule has 0 bridgehead atoms. The molecule has 1 fully saturated rings. The summed E-state index contributed by atoms with van der Waals surface area (Å²) in [6.07, 6.45) is -0.568. The van der Waals surface area contributed by atoms with Crippen LogP contribution in [-0.4, -0.2) is 57.2 Å². The van der Waals surface area contributed by atoms with Gasteiger partial charge in [0.15, 0.2) is 0 Å². The van der Waals surface area contributed by atoms with Crippen molar-refractivity contribution in [1.82, 2.24) is 15.5 Å². The molecule has 0 aromatic heterocycles. The Morgan fingerprint density at radius 1 is 1.45 bits per heavy atom. The molecule has 7 heteroatoms. The van der Waals surface area contributed by atoms with Crippen LogP contribution < -0.4 is 10.6 Å². The molecule has 0 saturated carbocycles. The number of ether oxygens (including phenoxy) is 1. The van der Waals surface area contributed by atoms with Crippen LogP contribution in [0, 0.1) is 11.6 Å². The van der Waals surface area contributed by atoms with Crippen molar-refractivity contribution in [3.8, 4) is 0 Å². The fourth-order valence-corrected chi connectivity index (χ4v) is 2.42. The van der Waals surface area contributed by atoms with Gasteiger partial charge in [-0.1, -0.05) is 6.07 Å². The van der Waals surface area contributed by atoms with E-state index in [2.05, 4.69) is 10.6 Å². The molecule has 2 N–H and O–H groups in total. The van der Waals surface area contributed by atoms with Gasteiger partial charge in [0.2, 0.25) is 0 Å². The van der Waals surface area contributed by atoms with Gasteiger partial charge in [-0.15, -0.1) is 0 Å². The lowest BCUT2D eigenvalue weighted by Crippen LogP contribution is -2.49. The van der Waals surface area contributed by atoms with Crippen LogP contribution in [0.25, 0.3) is 0 Å². The van der Waals surface area contributed by atoms with Crippen LogP contribution in [0.2, 0.25) is 0 Å². The van der Waals surface area contributed by atoms with Gasteiger partial charge >= 0.3 is 0 Å². The molecule has 2 unspecified atom stereocenters. The minimum atomic E-state index is -0.622. The summed E-state index contributed by atoms with van der Waals surface area (Å²) in [5.74, 6) is -1.53. The predicted octanol–water partition coefficient (Wildman–Crippen LogP) is 0.672. The Balaban J connectivity index is 2.05. The van der Waals surface area contributed by atoms with Crippen LogP contribution in [0.15, 0.2) is 18.2 Å². The Kier molecular flexibility index (Phi) is 5.82. The van der Waals surface area contributed by atoms with E-state index in [1.807, 2.05) is 0 Å². The SMILES string of the molecule is CN(C)C(CNC(=O)C1CNCCO1)c1c(F)cccc1F. The number of likely N-dealkylation sites (N-methyl/N-ethyl adjacent to an activating group) is 1. The van der Waals surface area contributed by atoms with Crippen LogP contribution in [0.4, 0.5) is 8.78 Å². The van der Waals surface area contributed by atoms with Crippen LogP contribution in [-0.2, 0) is 9.53 Å². The third kappa shape index (κ3) is 4.00. The molecule has 1 amide bonds. The molecule has 1 aromatic carbocycles. The molecule has 0 aliphatic carbocycles. The number of nitrogens with zero attached hydrogens (tertiary/aromatic N) is 1. The largest absolute Gasteiger partial charge is 0.366 e. The van der Waals surface area contributed by atoms with E-state index in [-0.39, 0.29) is 18.0 Å². The molecule has 1 saturated heterocycles. The summed E-state index contributed by atoms with van der Waals surface area (Å²) < 4.78 is 33.2. The molecular formula is C15H21F2N3O2. The average Bonchev–Trinajstić information content (AvgIpc) is 2.50. The van der Waals surface area contributed by atoms with Crippen molar-refractivity contribution in [2.75, 3.05) is 40.3 Å². The number of hydrogen-bond acceptors (Lipinski definition) is 4. The van der Waals surface area contributed by atoms with Crippen molar-refractivity contribution in [3.63, 3.8) is 0 Å². The van der Waals surface area contributed by atoms with E-state index in [4.69, 9.17) is 4.74 Å². The van der Waals surface area contributed by atoms with Crippen molar-refractivity contribution < 1.29 is 18.3 Å². The standard InChI is InChI=1S/C15H21F2N3O2/c1-20(2)12(14-10(16)4-3-5-11(14)17)8-19-15(21)13-9-18-6-7-22-13/h3-5,12-13,18H,6-9H2,1-2H3,(H,19,21). The van der Waals surface area contributed by atoms with Gasteiger partial charge in [0, 0.05) is 25.2 Å². The summed E-state index contributed by atoms with van der Waals surface area (Å²) in [6, 6.07) is 3.15. The van der Waals surface area contributed by atoms with Gasteiger partial charge in [-0.3, -0.25) is 4.79 Å². The van der Waals surface area contributed by atoms with Gasteiger partial charge in [-0.05, 0) is 26.2 Å². The van der Waals surface area contributed by atoms with Gasteiger partial charge in [0.25, 0.3) is 5.91 Å².